The maximum atomic E-state index is 2.44. The van der Waals surface area contributed by atoms with Crippen LogP contribution in [-0.2, 0) is 5.41 Å². The van der Waals surface area contributed by atoms with Gasteiger partial charge in [-0.2, -0.15) is 0 Å². The summed E-state index contributed by atoms with van der Waals surface area (Å²) in [6, 6.07) is 85.2. The van der Waals surface area contributed by atoms with Crippen LogP contribution in [0.1, 0.15) is 25.0 Å². The number of benzene rings is 11. The molecule has 11 aromatic carbocycles. The molecule has 0 spiro atoms. The Bertz CT molecular complexity index is 3830. The molecule has 13 rings (SSSR count). The molecule has 65 heavy (non-hydrogen) atoms. The number of hydrogen-bond donors (Lipinski definition) is 0. The van der Waals surface area contributed by atoms with E-state index < -0.39 is 0 Å². The molecular formula is C63H44N2. The molecule has 0 N–H and O–H groups in total. The van der Waals surface area contributed by atoms with Crippen LogP contribution >= 0.6 is 0 Å². The average Bonchev–Trinajstić information content (AvgIpc) is 3.70. The van der Waals surface area contributed by atoms with Gasteiger partial charge in [-0.15, -0.1) is 0 Å². The summed E-state index contributed by atoms with van der Waals surface area (Å²) >= 11 is 0. The van der Waals surface area contributed by atoms with Gasteiger partial charge in [-0.3, -0.25) is 0 Å². The molecule has 0 fully saturated rings. The lowest BCUT2D eigenvalue weighted by atomic mass is 9.68. The Balaban J connectivity index is 0.944. The molecule has 0 aliphatic heterocycles. The Morgan fingerprint density at radius 3 is 1.71 bits per heavy atom. The van der Waals surface area contributed by atoms with Gasteiger partial charge in [0.15, 0.2) is 0 Å². The van der Waals surface area contributed by atoms with E-state index in [1.165, 1.54) is 98.6 Å². The highest BCUT2D eigenvalue weighted by molar-refractivity contribution is 6.21. The molecule has 2 heteroatoms. The first-order valence-electron chi connectivity index (χ1n) is 22.7. The van der Waals surface area contributed by atoms with E-state index >= 15 is 0 Å². The first-order valence-corrected chi connectivity index (χ1v) is 22.7. The second-order valence-electron chi connectivity index (χ2n) is 18.1. The third-order valence-electron chi connectivity index (χ3n) is 14.1. The standard InChI is InChI=1S/C63H44N2/c1-63(2)57-21-11-16-45-15-10-20-55(61(45)57)54-36-34-52(40-58(54)63)64(50-30-24-42(25-31-50)47-23-22-41-12-6-7-14-46(41)38-47)51-32-26-43(27-33-51)48-28-35-56-60(39-48)65(49-17-4-3-5-18-49)59-37-29-44-13-8-9-19-53(44)62(56)59/h3-40H,1-2H3. The molecule has 306 valence electrons. The largest absolute Gasteiger partial charge is 0.310 e. The van der Waals surface area contributed by atoms with Gasteiger partial charge >= 0.3 is 0 Å². The summed E-state index contributed by atoms with van der Waals surface area (Å²) in [4.78, 5) is 2.42. The normalized spacial score (nSPS) is 12.9. The lowest BCUT2D eigenvalue weighted by molar-refractivity contribution is 0.645. The van der Waals surface area contributed by atoms with Gasteiger partial charge in [0.25, 0.3) is 0 Å². The SMILES string of the molecule is CC1(C)c2cc(N(c3ccc(-c4ccc5ccccc5c4)cc3)c3ccc(-c4ccc5c6c7ccccc7ccc6n(-c6ccccc6)c5c4)cc3)ccc2-c2cccc3cccc1c23. The van der Waals surface area contributed by atoms with Crippen molar-refractivity contribution >= 4 is 71.2 Å². The monoisotopic (exact) mass is 828 g/mol. The lowest BCUT2D eigenvalue weighted by Gasteiger charge is -2.36. The molecule has 0 amide bonds. The highest BCUT2D eigenvalue weighted by atomic mass is 15.1. The summed E-state index contributed by atoms with van der Waals surface area (Å²) in [6.07, 6.45) is 0. The van der Waals surface area contributed by atoms with Crippen molar-refractivity contribution in [2.45, 2.75) is 19.3 Å². The van der Waals surface area contributed by atoms with Gasteiger partial charge in [0, 0.05) is 38.9 Å². The Hall–Kier alpha value is -8.20. The van der Waals surface area contributed by atoms with Crippen LogP contribution in [0.2, 0.25) is 0 Å². The van der Waals surface area contributed by atoms with Gasteiger partial charge < -0.3 is 9.47 Å². The van der Waals surface area contributed by atoms with E-state index in [1.807, 2.05) is 0 Å². The Morgan fingerprint density at radius 1 is 0.338 bits per heavy atom. The molecule has 0 saturated carbocycles. The van der Waals surface area contributed by atoms with Crippen LogP contribution in [0.3, 0.4) is 0 Å². The molecule has 0 atom stereocenters. The maximum absolute atomic E-state index is 2.44. The molecule has 12 aromatic rings. The summed E-state index contributed by atoms with van der Waals surface area (Å²) in [6.45, 7) is 4.77. The van der Waals surface area contributed by atoms with Crippen LogP contribution in [0.4, 0.5) is 17.1 Å². The van der Waals surface area contributed by atoms with Crippen LogP contribution < -0.4 is 4.90 Å². The number of hydrogen-bond acceptors (Lipinski definition) is 1. The van der Waals surface area contributed by atoms with E-state index in [1.54, 1.807) is 0 Å². The van der Waals surface area contributed by atoms with Crippen LogP contribution in [0.15, 0.2) is 231 Å². The van der Waals surface area contributed by atoms with Crippen molar-refractivity contribution in [3.05, 3.63) is 242 Å². The van der Waals surface area contributed by atoms with E-state index in [0.717, 1.165) is 22.7 Å². The van der Waals surface area contributed by atoms with E-state index in [2.05, 4.69) is 254 Å². The fraction of sp³-hybridized carbons (Fsp3) is 0.0476. The molecule has 1 aliphatic rings. The van der Waals surface area contributed by atoms with Crippen LogP contribution in [-0.4, -0.2) is 4.57 Å². The summed E-state index contributed by atoms with van der Waals surface area (Å²) in [5.41, 5.74) is 16.8. The predicted molar refractivity (Wildman–Crippen MR) is 276 cm³/mol. The van der Waals surface area contributed by atoms with Gasteiger partial charge in [0.05, 0.1) is 11.0 Å². The molecule has 0 bridgehead atoms. The smallest absolute Gasteiger partial charge is 0.0547 e. The van der Waals surface area contributed by atoms with Crippen molar-refractivity contribution in [3.63, 3.8) is 0 Å². The maximum Gasteiger partial charge on any atom is 0.0547 e. The number of aromatic nitrogens is 1. The zero-order valence-corrected chi connectivity index (χ0v) is 36.3. The summed E-state index contributed by atoms with van der Waals surface area (Å²) in [5, 5.41) is 10.2. The quantitative estimate of drug-likeness (QED) is 0.162. The van der Waals surface area contributed by atoms with E-state index in [4.69, 9.17) is 0 Å². The van der Waals surface area contributed by atoms with Crippen LogP contribution in [0, 0.1) is 0 Å². The topological polar surface area (TPSA) is 8.17 Å². The second-order valence-corrected chi connectivity index (χ2v) is 18.1. The van der Waals surface area contributed by atoms with Crippen molar-refractivity contribution < 1.29 is 0 Å². The highest BCUT2D eigenvalue weighted by Crippen LogP contribution is 2.51. The van der Waals surface area contributed by atoms with Crippen molar-refractivity contribution in [1.29, 1.82) is 0 Å². The number of fused-ring (bicyclic) bond motifs is 8. The van der Waals surface area contributed by atoms with Crippen molar-refractivity contribution in [1.82, 2.24) is 4.57 Å². The van der Waals surface area contributed by atoms with E-state index in [9.17, 15) is 0 Å². The number of para-hydroxylation sites is 1. The lowest BCUT2D eigenvalue weighted by Crippen LogP contribution is -2.24. The summed E-state index contributed by atoms with van der Waals surface area (Å²) in [5.74, 6) is 0. The number of anilines is 3. The Morgan fingerprint density at radius 2 is 0.938 bits per heavy atom. The molecule has 0 unspecified atom stereocenters. The molecule has 1 heterocycles. The van der Waals surface area contributed by atoms with Gasteiger partial charge in [0.1, 0.15) is 0 Å². The first-order chi connectivity index (χ1) is 32.0. The highest BCUT2D eigenvalue weighted by Gasteiger charge is 2.34. The molecule has 1 aromatic heterocycles. The molecule has 1 aliphatic carbocycles. The van der Waals surface area contributed by atoms with Gasteiger partial charge in [0.2, 0.25) is 0 Å². The van der Waals surface area contributed by atoms with Crippen molar-refractivity contribution in [2.24, 2.45) is 0 Å². The average molecular weight is 829 g/mol. The third kappa shape index (κ3) is 5.88. The van der Waals surface area contributed by atoms with Gasteiger partial charge in [-0.25, -0.2) is 0 Å². The third-order valence-corrected chi connectivity index (χ3v) is 14.1. The first kappa shape index (κ1) is 37.4. The Labute approximate surface area is 378 Å². The zero-order chi connectivity index (χ0) is 43.2. The minimum Gasteiger partial charge on any atom is -0.310 e. The predicted octanol–water partition coefficient (Wildman–Crippen LogP) is 17.4. The number of rotatable bonds is 6. The molecule has 2 nitrogen and oxygen atoms in total. The van der Waals surface area contributed by atoms with Crippen molar-refractivity contribution in [2.75, 3.05) is 4.90 Å². The molecular weight excluding hydrogens is 785 g/mol. The number of nitrogens with zero attached hydrogens (tertiary/aromatic N) is 2. The van der Waals surface area contributed by atoms with Crippen LogP contribution in [0.5, 0.6) is 0 Å². The summed E-state index contributed by atoms with van der Waals surface area (Å²) in [7, 11) is 0. The van der Waals surface area contributed by atoms with E-state index in [0.29, 0.717) is 0 Å². The Kier molecular flexibility index (Phi) is 8.29. The molecule has 0 radical (unpaired) electrons. The fourth-order valence-electron chi connectivity index (χ4n) is 10.9. The minimum atomic E-state index is -0.193. The van der Waals surface area contributed by atoms with Crippen LogP contribution in [0.25, 0.3) is 93.2 Å². The fourth-order valence-corrected chi connectivity index (χ4v) is 10.9. The minimum absolute atomic E-state index is 0.193. The van der Waals surface area contributed by atoms with Gasteiger partial charge in [-0.1, -0.05) is 178 Å². The van der Waals surface area contributed by atoms with Gasteiger partial charge in [-0.05, 0) is 144 Å². The van der Waals surface area contributed by atoms with E-state index in [-0.39, 0.29) is 5.41 Å². The summed E-state index contributed by atoms with van der Waals surface area (Å²) < 4.78 is 2.43. The van der Waals surface area contributed by atoms with Crippen molar-refractivity contribution in [3.8, 4) is 39.1 Å². The molecule has 0 saturated heterocycles. The zero-order valence-electron chi connectivity index (χ0n) is 36.3. The second kappa shape index (κ2) is 14.4.